The van der Waals surface area contributed by atoms with Gasteiger partial charge in [-0.3, -0.25) is 0 Å². The quantitative estimate of drug-likeness (QED) is 0.871. The van der Waals surface area contributed by atoms with Gasteiger partial charge in [0, 0.05) is 24.8 Å². The van der Waals surface area contributed by atoms with Crippen molar-refractivity contribution in [1.29, 1.82) is 0 Å². The number of benzene rings is 2. The second kappa shape index (κ2) is 4.46. The monoisotopic (exact) mass is 238 g/mol. The lowest BCUT2D eigenvalue weighted by molar-refractivity contribution is 0.720. The van der Waals surface area contributed by atoms with Crippen LogP contribution in [0.4, 0.5) is 5.69 Å². The van der Waals surface area contributed by atoms with Crippen molar-refractivity contribution in [3.63, 3.8) is 0 Å². The van der Waals surface area contributed by atoms with E-state index in [9.17, 15) is 0 Å². The van der Waals surface area contributed by atoms with Gasteiger partial charge in [0.1, 0.15) is 0 Å². The lowest BCUT2D eigenvalue weighted by atomic mass is 10.1. The average Bonchev–Trinajstić information content (AvgIpc) is 2.67. The molecule has 18 heavy (non-hydrogen) atoms. The molecule has 0 amide bonds. The van der Waals surface area contributed by atoms with Gasteiger partial charge in [-0.25, -0.2) is 0 Å². The van der Waals surface area contributed by atoms with Gasteiger partial charge in [-0.2, -0.15) is 0 Å². The van der Waals surface area contributed by atoms with Crippen LogP contribution in [0.1, 0.15) is 22.7 Å². The molecule has 1 atom stereocenters. The van der Waals surface area contributed by atoms with Crippen LogP contribution in [-0.2, 0) is 6.54 Å². The lowest BCUT2D eigenvalue weighted by Gasteiger charge is -2.19. The molecule has 1 heterocycles. The van der Waals surface area contributed by atoms with E-state index in [-0.39, 0.29) is 6.04 Å². The Hall–Kier alpha value is -1.80. The van der Waals surface area contributed by atoms with Crippen molar-refractivity contribution in [1.82, 2.24) is 0 Å². The summed E-state index contributed by atoms with van der Waals surface area (Å²) in [6.07, 6.45) is 0. The lowest BCUT2D eigenvalue weighted by Crippen LogP contribution is -2.23. The Labute approximate surface area is 108 Å². The summed E-state index contributed by atoms with van der Waals surface area (Å²) in [6, 6.07) is 17.3. The largest absolute Gasteiger partial charge is 0.365 e. The second-order valence-corrected chi connectivity index (χ2v) is 5.03. The zero-order valence-electron chi connectivity index (χ0n) is 10.6. The van der Waals surface area contributed by atoms with Gasteiger partial charge in [0.15, 0.2) is 0 Å². The molecule has 0 saturated heterocycles. The third-order valence-electron chi connectivity index (χ3n) is 3.56. The van der Waals surface area contributed by atoms with Crippen LogP contribution in [0.15, 0.2) is 48.5 Å². The van der Waals surface area contributed by atoms with E-state index in [1.165, 1.54) is 22.4 Å². The zero-order chi connectivity index (χ0) is 12.5. The highest BCUT2D eigenvalue weighted by Gasteiger charge is 2.25. The van der Waals surface area contributed by atoms with E-state index in [2.05, 4.69) is 60.4 Å². The number of aryl methyl sites for hydroxylation is 1. The van der Waals surface area contributed by atoms with Crippen molar-refractivity contribution in [3.8, 4) is 0 Å². The maximum absolute atomic E-state index is 6.22. The molecule has 2 N–H and O–H groups in total. The Bertz CT molecular complexity index is 548. The summed E-state index contributed by atoms with van der Waals surface area (Å²) in [5.41, 5.74) is 11.4. The van der Waals surface area contributed by atoms with Gasteiger partial charge >= 0.3 is 0 Å². The van der Waals surface area contributed by atoms with Crippen LogP contribution in [0.25, 0.3) is 0 Å². The Morgan fingerprint density at radius 1 is 1.17 bits per heavy atom. The summed E-state index contributed by atoms with van der Waals surface area (Å²) < 4.78 is 0. The number of nitrogens with two attached hydrogens (primary N) is 1. The highest BCUT2D eigenvalue weighted by molar-refractivity contribution is 5.61. The van der Waals surface area contributed by atoms with E-state index in [0.717, 1.165) is 13.1 Å². The van der Waals surface area contributed by atoms with Gasteiger partial charge < -0.3 is 10.6 Å². The summed E-state index contributed by atoms with van der Waals surface area (Å²) in [4.78, 5) is 2.37. The van der Waals surface area contributed by atoms with E-state index in [0.29, 0.717) is 0 Å². The zero-order valence-corrected chi connectivity index (χ0v) is 10.6. The fourth-order valence-corrected chi connectivity index (χ4v) is 2.65. The van der Waals surface area contributed by atoms with Crippen LogP contribution in [0.3, 0.4) is 0 Å². The molecular formula is C16H18N2. The van der Waals surface area contributed by atoms with Crippen LogP contribution in [-0.4, -0.2) is 6.54 Å². The Kier molecular flexibility index (Phi) is 2.80. The number of hydrogen-bond acceptors (Lipinski definition) is 2. The third kappa shape index (κ3) is 2.00. The predicted molar refractivity (Wildman–Crippen MR) is 75.6 cm³/mol. The molecule has 0 aromatic heterocycles. The number of hydrogen-bond donors (Lipinski definition) is 1. The summed E-state index contributed by atoms with van der Waals surface area (Å²) in [5.74, 6) is 0. The molecule has 0 radical (unpaired) electrons. The Balaban J connectivity index is 1.89. The molecule has 2 heteroatoms. The van der Waals surface area contributed by atoms with Crippen LogP contribution >= 0.6 is 0 Å². The molecule has 3 rings (SSSR count). The minimum absolute atomic E-state index is 0.142. The molecule has 0 saturated carbocycles. The van der Waals surface area contributed by atoms with E-state index < -0.39 is 0 Å². The van der Waals surface area contributed by atoms with Gasteiger partial charge in [-0.1, -0.05) is 48.0 Å². The van der Waals surface area contributed by atoms with Crippen molar-refractivity contribution >= 4 is 5.69 Å². The Morgan fingerprint density at radius 3 is 2.72 bits per heavy atom. The second-order valence-electron chi connectivity index (χ2n) is 5.03. The highest BCUT2D eigenvalue weighted by Crippen LogP contribution is 2.34. The highest BCUT2D eigenvalue weighted by atomic mass is 15.2. The molecule has 1 aliphatic rings. The molecule has 0 fully saturated rings. The first-order valence-corrected chi connectivity index (χ1v) is 6.39. The van der Waals surface area contributed by atoms with Crippen LogP contribution in [0.2, 0.25) is 0 Å². The number of fused-ring (bicyclic) bond motifs is 1. The molecule has 92 valence electrons. The maximum atomic E-state index is 6.22. The van der Waals surface area contributed by atoms with Gasteiger partial charge in [0.25, 0.3) is 0 Å². The molecule has 0 unspecified atom stereocenters. The van der Waals surface area contributed by atoms with Crippen LogP contribution < -0.4 is 10.6 Å². The number of anilines is 1. The minimum Gasteiger partial charge on any atom is -0.365 e. The molecule has 2 aromatic rings. The van der Waals surface area contributed by atoms with Crippen molar-refractivity contribution in [2.45, 2.75) is 19.5 Å². The fourth-order valence-electron chi connectivity index (χ4n) is 2.65. The van der Waals surface area contributed by atoms with Crippen molar-refractivity contribution in [3.05, 3.63) is 65.2 Å². The molecule has 0 aliphatic carbocycles. The van der Waals surface area contributed by atoms with E-state index in [4.69, 9.17) is 5.73 Å². The SMILES string of the molecule is Cc1ccc2c(c1)[C@@H](N)CN2Cc1ccccc1. The van der Waals surface area contributed by atoms with E-state index in [1.54, 1.807) is 0 Å². The van der Waals surface area contributed by atoms with Gasteiger partial charge in [0.05, 0.1) is 0 Å². The Morgan fingerprint density at radius 2 is 1.94 bits per heavy atom. The number of nitrogens with zero attached hydrogens (tertiary/aromatic N) is 1. The summed E-state index contributed by atoms with van der Waals surface area (Å²) in [6.45, 7) is 3.96. The first-order chi connectivity index (χ1) is 8.74. The van der Waals surface area contributed by atoms with Crippen molar-refractivity contribution in [2.24, 2.45) is 5.73 Å². The summed E-state index contributed by atoms with van der Waals surface area (Å²) >= 11 is 0. The third-order valence-corrected chi connectivity index (χ3v) is 3.56. The molecular weight excluding hydrogens is 220 g/mol. The summed E-state index contributed by atoms with van der Waals surface area (Å²) in [7, 11) is 0. The van der Waals surface area contributed by atoms with E-state index >= 15 is 0 Å². The molecule has 0 bridgehead atoms. The minimum atomic E-state index is 0.142. The first-order valence-electron chi connectivity index (χ1n) is 6.39. The first kappa shape index (κ1) is 11.3. The predicted octanol–water partition coefficient (Wildman–Crippen LogP) is 3.02. The molecule has 1 aliphatic heterocycles. The molecule has 2 nitrogen and oxygen atoms in total. The average molecular weight is 238 g/mol. The van der Waals surface area contributed by atoms with Crippen molar-refractivity contribution in [2.75, 3.05) is 11.4 Å². The van der Waals surface area contributed by atoms with Crippen molar-refractivity contribution < 1.29 is 0 Å². The van der Waals surface area contributed by atoms with E-state index in [1.807, 2.05) is 0 Å². The molecule has 2 aromatic carbocycles. The standard InChI is InChI=1S/C16H18N2/c1-12-7-8-16-14(9-12)15(17)11-18(16)10-13-5-3-2-4-6-13/h2-9,15H,10-11,17H2,1H3/t15-/m0/s1. The maximum Gasteiger partial charge on any atom is 0.0494 e. The smallest absolute Gasteiger partial charge is 0.0494 e. The topological polar surface area (TPSA) is 29.3 Å². The fraction of sp³-hybridized carbons (Fsp3) is 0.250. The van der Waals surface area contributed by atoms with Crippen LogP contribution in [0, 0.1) is 6.92 Å². The normalized spacial score (nSPS) is 17.9. The summed E-state index contributed by atoms with van der Waals surface area (Å²) in [5, 5.41) is 0. The van der Waals surface area contributed by atoms with Gasteiger partial charge in [0.2, 0.25) is 0 Å². The molecule has 0 spiro atoms. The van der Waals surface area contributed by atoms with Gasteiger partial charge in [-0.05, 0) is 24.1 Å². The van der Waals surface area contributed by atoms with Crippen LogP contribution in [0.5, 0.6) is 0 Å². The number of rotatable bonds is 2. The van der Waals surface area contributed by atoms with Gasteiger partial charge in [-0.15, -0.1) is 0 Å².